The summed E-state index contributed by atoms with van der Waals surface area (Å²) in [6.45, 7) is 9.77. The van der Waals surface area contributed by atoms with Crippen LogP contribution in [0.2, 0.25) is 0 Å². The molecule has 1 amide bonds. The molecule has 24 heavy (non-hydrogen) atoms. The molecule has 0 radical (unpaired) electrons. The van der Waals surface area contributed by atoms with Crippen LogP contribution in [0.5, 0.6) is 0 Å². The van der Waals surface area contributed by atoms with E-state index in [2.05, 4.69) is 34.8 Å². The Morgan fingerprint density at radius 3 is 2.58 bits per heavy atom. The second-order valence-corrected chi connectivity index (χ2v) is 6.93. The highest BCUT2D eigenvalue weighted by Gasteiger charge is 2.28. The molecule has 0 spiro atoms. The van der Waals surface area contributed by atoms with Gasteiger partial charge in [0.25, 0.3) is 0 Å². The smallest absolute Gasteiger partial charge is 0.222 e. The molecule has 130 valence electrons. The van der Waals surface area contributed by atoms with E-state index >= 15 is 0 Å². The van der Waals surface area contributed by atoms with Crippen molar-refractivity contribution >= 4 is 5.91 Å². The Hall–Kier alpha value is -2.11. The molecule has 3 heterocycles. The lowest BCUT2D eigenvalue weighted by Crippen LogP contribution is -2.29. The van der Waals surface area contributed by atoms with E-state index in [1.165, 1.54) is 11.3 Å². The molecular weight excluding hydrogens is 302 g/mol. The minimum absolute atomic E-state index is 0.238. The van der Waals surface area contributed by atoms with Crippen molar-refractivity contribution < 1.29 is 4.79 Å². The third-order valence-corrected chi connectivity index (χ3v) is 5.15. The molecule has 0 N–H and O–H groups in total. The normalized spacial score (nSPS) is 17.7. The molecule has 1 unspecified atom stereocenters. The van der Waals surface area contributed by atoms with Gasteiger partial charge in [-0.05, 0) is 52.2 Å². The number of aromatic nitrogens is 4. The van der Waals surface area contributed by atoms with Gasteiger partial charge in [-0.25, -0.2) is 0 Å². The Morgan fingerprint density at radius 1 is 1.25 bits per heavy atom. The number of hydrogen-bond donors (Lipinski definition) is 0. The van der Waals surface area contributed by atoms with Crippen molar-refractivity contribution in [3.8, 4) is 0 Å². The van der Waals surface area contributed by atoms with E-state index in [4.69, 9.17) is 0 Å². The summed E-state index contributed by atoms with van der Waals surface area (Å²) in [6, 6.07) is 2.41. The van der Waals surface area contributed by atoms with E-state index in [1.54, 1.807) is 0 Å². The van der Waals surface area contributed by atoms with Crippen LogP contribution in [0.25, 0.3) is 0 Å². The summed E-state index contributed by atoms with van der Waals surface area (Å²) in [5.41, 5.74) is 5.61. The minimum Gasteiger partial charge on any atom is -0.340 e. The maximum absolute atomic E-state index is 12.6. The molecule has 2 aromatic heterocycles. The van der Waals surface area contributed by atoms with Crippen LogP contribution in [0.15, 0.2) is 6.07 Å². The standard InChI is InChI=1S/C18H27N5O/c1-12-10-13(2)23(19-12)16-8-9-22(11-16)18(24)7-6-17-14(3)20-21(5)15(17)4/h10,16H,6-9,11H2,1-5H3. The van der Waals surface area contributed by atoms with Gasteiger partial charge in [0, 0.05) is 37.9 Å². The number of aryl methyl sites for hydroxylation is 4. The second kappa shape index (κ2) is 6.42. The van der Waals surface area contributed by atoms with E-state index in [-0.39, 0.29) is 5.91 Å². The zero-order valence-electron chi connectivity index (χ0n) is 15.3. The summed E-state index contributed by atoms with van der Waals surface area (Å²) in [5, 5.41) is 9.00. The van der Waals surface area contributed by atoms with Crippen molar-refractivity contribution in [1.82, 2.24) is 24.5 Å². The van der Waals surface area contributed by atoms with Gasteiger partial charge in [0.1, 0.15) is 0 Å². The van der Waals surface area contributed by atoms with Gasteiger partial charge >= 0.3 is 0 Å². The van der Waals surface area contributed by atoms with E-state index in [9.17, 15) is 4.79 Å². The fraction of sp³-hybridized carbons (Fsp3) is 0.611. The second-order valence-electron chi connectivity index (χ2n) is 6.93. The zero-order valence-corrected chi connectivity index (χ0v) is 15.3. The van der Waals surface area contributed by atoms with Crippen molar-refractivity contribution in [2.75, 3.05) is 13.1 Å². The van der Waals surface area contributed by atoms with Gasteiger partial charge in [0.05, 0.1) is 17.4 Å². The average molecular weight is 329 g/mol. The summed E-state index contributed by atoms with van der Waals surface area (Å²) in [5.74, 6) is 0.238. The summed E-state index contributed by atoms with van der Waals surface area (Å²) < 4.78 is 3.97. The van der Waals surface area contributed by atoms with Crippen LogP contribution in [0.4, 0.5) is 0 Å². The molecule has 0 aliphatic carbocycles. The first-order chi connectivity index (χ1) is 11.4. The van der Waals surface area contributed by atoms with Crippen molar-refractivity contribution in [2.24, 2.45) is 7.05 Å². The van der Waals surface area contributed by atoms with Crippen LogP contribution in [0.1, 0.15) is 47.2 Å². The highest BCUT2D eigenvalue weighted by atomic mass is 16.2. The molecule has 1 fully saturated rings. The molecule has 0 bridgehead atoms. The molecule has 6 nitrogen and oxygen atoms in total. The fourth-order valence-corrected chi connectivity index (χ4v) is 3.75. The van der Waals surface area contributed by atoms with Crippen molar-refractivity contribution in [3.63, 3.8) is 0 Å². The van der Waals surface area contributed by atoms with Crippen molar-refractivity contribution in [1.29, 1.82) is 0 Å². The highest BCUT2D eigenvalue weighted by Crippen LogP contribution is 2.24. The lowest BCUT2D eigenvalue weighted by molar-refractivity contribution is -0.130. The molecule has 2 aromatic rings. The van der Waals surface area contributed by atoms with Gasteiger partial charge in [-0.15, -0.1) is 0 Å². The van der Waals surface area contributed by atoms with E-state index in [0.717, 1.165) is 43.0 Å². The fourth-order valence-electron chi connectivity index (χ4n) is 3.75. The molecule has 0 aromatic carbocycles. The number of amides is 1. The number of hydrogen-bond acceptors (Lipinski definition) is 3. The van der Waals surface area contributed by atoms with Gasteiger partial charge in [-0.2, -0.15) is 10.2 Å². The SMILES string of the molecule is Cc1cc(C)n(C2CCN(C(=O)CCc3c(C)nn(C)c3C)C2)n1. The van der Waals surface area contributed by atoms with Crippen molar-refractivity contribution in [3.05, 3.63) is 34.4 Å². The third-order valence-electron chi connectivity index (χ3n) is 5.15. The molecule has 3 rings (SSSR count). The molecule has 6 heteroatoms. The maximum Gasteiger partial charge on any atom is 0.222 e. The summed E-state index contributed by atoms with van der Waals surface area (Å²) in [6.07, 6.45) is 2.31. The van der Waals surface area contributed by atoms with E-state index in [0.29, 0.717) is 12.5 Å². The largest absolute Gasteiger partial charge is 0.340 e. The first-order valence-electron chi connectivity index (χ1n) is 8.66. The Labute approximate surface area is 143 Å². The average Bonchev–Trinajstić information content (AvgIpc) is 3.18. The van der Waals surface area contributed by atoms with Gasteiger partial charge in [0.2, 0.25) is 5.91 Å². The summed E-state index contributed by atoms with van der Waals surface area (Å²) in [4.78, 5) is 14.6. The zero-order chi connectivity index (χ0) is 17.4. The third kappa shape index (κ3) is 3.09. The molecule has 1 saturated heterocycles. The Kier molecular flexibility index (Phi) is 4.47. The van der Waals surface area contributed by atoms with Crippen LogP contribution in [-0.4, -0.2) is 43.5 Å². The van der Waals surface area contributed by atoms with Crippen LogP contribution >= 0.6 is 0 Å². The molecule has 1 atom stereocenters. The number of carbonyl (C=O) groups excluding carboxylic acids is 1. The van der Waals surface area contributed by atoms with E-state index in [1.807, 2.05) is 30.5 Å². The first-order valence-corrected chi connectivity index (χ1v) is 8.66. The van der Waals surface area contributed by atoms with Gasteiger partial charge in [-0.3, -0.25) is 14.2 Å². The van der Waals surface area contributed by atoms with Crippen LogP contribution in [0, 0.1) is 27.7 Å². The Morgan fingerprint density at radius 2 is 2.00 bits per heavy atom. The van der Waals surface area contributed by atoms with Gasteiger partial charge in [-0.1, -0.05) is 0 Å². The molecule has 1 aliphatic heterocycles. The predicted octanol–water partition coefficient (Wildman–Crippen LogP) is 2.26. The molecule has 0 saturated carbocycles. The molecular formula is C18H27N5O. The Balaban J connectivity index is 1.60. The van der Waals surface area contributed by atoms with Crippen LogP contribution < -0.4 is 0 Å². The monoisotopic (exact) mass is 329 g/mol. The van der Waals surface area contributed by atoms with E-state index < -0.39 is 0 Å². The minimum atomic E-state index is 0.238. The van der Waals surface area contributed by atoms with Crippen LogP contribution in [-0.2, 0) is 18.3 Å². The molecule has 1 aliphatic rings. The highest BCUT2D eigenvalue weighted by molar-refractivity contribution is 5.76. The van der Waals surface area contributed by atoms with Crippen LogP contribution in [0.3, 0.4) is 0 Å². The van der Waals surface area contributed by atoms with Gasteiger partial charge < -0.3 is 4.90 Å². The lowest BCUT2D eigenvalue weighted by atomic mass is 10.1. The predicted molar refractivity (Wildman–Crippen MR) is 92.9 cm³/mol. The summed E-state index contributed by atoms with van der Waals surface area (Å²) in [7, 11) is 1.95. The number of carbonyl (C=O) groups is 1. The number of nitrogens with zero attached hydrogens (tertiary/aromatic N) is 5. The maximum atomic E-state index is 12.6. The summed E-state index contributed by atoms with van der Waals surface area (Å²) >= 11 is 0. The number of likely N-dealkylation sites (tertiary alicyclic amines) is 1. The number of rotatable bonds is 4. The Bertz CT molecular complexity index is 758. The quantitative estimate of drug-likeness (QED) is 0.864. The van der Waals surface area contributed by atoms with Crippen molar-refractivity contribution in [2.45, 2.75) is 53.0 Å². The lowest BCUT2D eigenvalue weighted by Gasteiger charge is -2.17. The van der Waals surface area contributed by atoms with Gasteiger partial charge in [0.15, 0.2) is 0 Å². The topological polar surface area (TPSA) is 56.0 Å². The first kappa shape index (κ1) is 16.7.